The van der Waals surface area contributed by atoms with E-state index < -0.39 is 10.0 Å². The van der Waals surface area contributed by atoms with Crippen molar-refractivity contribution in [3.05, 3.63) is 59.2 Å². The average molecular weight is 428 g/mol. The minimum Gasteiger partial charge on any atom is -0.378 e. The van der Waals surface area contributed by atoms with Gasteiger partial charge in [-0.15, -0.1) is 0 Å². The summed E-state index contributed by atoms with van der Waals surface area (Å²) in [5.74, 6) is 0. The lowest BCUT2D eigenvalue weighted by atomic mass is 9.92. The summed E-state index contributed by atoms with van der Waals surface area (Å²) in [6.45, 7) is 2.42. The maximum Gasteiger partial charge on any atom is 0.240 e. The molecule has 0 bridgehead atoms. The Morgan fingerprint density at radius 1 is 0.933 bits per heavy atom. The summed E-state index contributed by atoms with van der Waals surface area (Å²) < 4.78 is 29.1. The summed E-state index contributed by atoms with van der Waals surface area (Å²) in [5, 5.41) is 0. The molecule has 30 heavy (non-hydrogen) atoms. The number of likely N-dealkylation sites (tertiary alicyclic amines) is 1. The van der Waals surface area contributed by atoms with Crippen molar-refractivity contribution in [1.82, 2.24) is 9.62 Å². The number of anilines is 1. The standard InChI is InChI=1S/C24H33N3O2S/c1-26(2)22-12-9-20(10-13-22)24(27-15-5-6-16-27)18-25-30(28,29)23-14-11-19-7-3-4-8-21(19)17-23/h9-14,17,24-25H,3-8,15-16,18H2,1-2H3/t24-/m0/s1. The molecule has 1 aliphatic heterocycles. The predicted octanol–water partition coefficient (Wildman–Crippen LogP) is 3.75. The van der Waals surface area contributed by atoms with Crippen molar-refractivity contribution in [2.75, 3.05) is 38.6 Å². The molecule has 4 rings (SSSR count). The first-order valence-corrected chi connectivity index (χ1v) is 12.6. The third-order valence-corrected chi connectivity index (χ3v) is 7.89. The maximum absolute atomic E-state index is 13.1. The zero-order chi connectivity index (χ0) is 21.1. The zero-order valence-corrected chi connectivity index (χ0v) is 18.9. The quantitative estimate of drug-likeness (QED) is 0.731. The molecular formula is C24H33N3O2S. The first-order valence-electron chi connectivity index (χ1n) is 11.1. The SMILES string of the molecule is CN(C)c1ccc([C@H](CNS(=O)(=O)c2ccc3c(c2)CCCC3)N2CCCC2)cc1. The molecular weight excluding hydrogens is 394 g/mol. The lowest BCUT2D eigenvalue weighted by Crippen LogP contribution is -2.36. The molecule has 0 amide bonds. The van der Waals surface area contributed by atoms with Gasteiger partial charge in [0.05, 0.1) is 4.90 Å². The van der Waals surface area contributed by atoms with Gasteiger partial charge in [0, 0.05) is 32.4 Å². The fourth-order valence-corrected chi connectivity index (χ4v) is 5.74. The van der Waals surface area contributed by atoms with Gasteiger partial charge in [0.1, 0.15) is 0 Å². The Bertz CT molecular complexity index is 964. The predicted molar refractivity (Wildman–Crippen MR) is 123 cm³/mol. The Morgan fingerprint density at radius 3 is 2.27 bits per heavy atom. The van der Waals surface area contributed by atoms with Crippen molar-refractivity contribution >= 4 is 15.7 Å². The second-order valence-electron chi connectivity index (χ2n) is 8.73. The van der Waals surface area contributed by atoms with Gasteiger partial charge in [-0.25, -0.2) is 13.1 Å². The van der Waals surface area contributed by atoms with E-state index in [1.54, 1.807) is 6.07 Å². The lowest BCUT2D eigenvalue weighted by molar-refractivity contribution is 0.246. The van der Waals surface area contributed by atoms with Crippen LogP contribution in [-0.2, 0) is 22.9 Å². The topological polar surface area (TPSA) is 52.7 Å². The Hall–Kier alpha value is -1.89. The minimum absolute atomic E-state index is 0.0520. The first kappa shape index (κ1) is 21.3. The zero-order valence-electron chi connectivity index (χ0n) is 18.1. The van der Waals surface area contributed by atoms with Gasteiger partial charge in [-0.3, -0.25) is 4.90 Å². The van der Waals surface area contributed by atoms with E-state index >= 15 is 0 Å². The van der Waals surface area contributed by atoms with Crippen LogP contribution in [-0.4, -0.2) is 47.0 Å². The monoisotopic (exact) mass is 427 g/mol. The molecule has 1 atom stereocenters. The van der Waals surface area contributed by atoms with Crippen LogP contribution >= 0.6 is 0 Å². The van der Waals surface area contributed by atoms with Gasteiger partial charge in [-0.05, 0) is 92.6 Å². The second-order valence-corrected chi connectivity index (χ2v) is 10.5. The molecule has 0 spiro atoms. The van der Waals surface area contributed by atoms with Gasteiger partial charge < -0.3 is 4.90 Å². The van der Waals surface area contributed by atoms with Crippen molar-refractivity contribution in [2.24, 2.45) is 0 Å². The van der Waals surface area contributed by atoms with Crippen LogP contribution in [0.5, 0.6) is 0 Å². The maximum atomic E-state index is 13.1. The van der Waals surface area contributed by atoms with E-state index in [0.717, 1.165) is 43.6 Å². The second kappa shape index (κ2) is 9.08. The number of nitrogens with zero attached hydrogens (tertiary/aromatic N) is 2. The van der Waals surface area contributed by atoms with Gasteiger partial charge in [-0.2, -0.15) is 0 Å². The molecule has 0 saturated carbocycles. The van der Waals surface area contributed by atoms with Crippen LogP contribution in [0.25, 0.3) is 0 Å². The van der Waals surface area contributed by atoms with Crippen LogP contribution in [0.1, 0.15) is 48.4 Å². The number of nitrogens with one attached hydrogen (secondary N) is 1. The van der Waals surface area contributed by atoms with E-state index in [1.807, 2.05) is 26.2 Å². The Morgan fingerprint density at radius 2 is 1.60 bits per heavy atom. The molecule has 1 heterocycles. The highest BCUT2D eigenvalue weighted by atomic mass is 32.2. The molecule has 1 aliphatic carbocycles. The Kier molecular flexibility index (Phi) is 6.46. The van der Waals surface area contributed by atoms with Crippen LogP contribution in [0, 0.1) is 0 Å². The summed E-state index contributed by atoms with van der Waals surface area (Å²) >= 11 is 0. The van der Waals surface area contributed by atoms with Crippen LogP contribution in [0.15, 0.2) is 47.4 Å². The van der Waals surface area contributed by atoms with Crippen molar-refractivity contribution < 1.29 is 8.42 Å². The molecule has 5 nitrogen and oxygen atoms in total. The molecule has 162 valence electrons. The highest BCUT2D eigenvalue weighted by Gasteiger charge is 2.26. The van der Waals surface area contributed by atoms with Crippen LogP contribution in [0.2, 0.25) is 0 Å². The van der Waals surface area contributed by atoms with E-state index in [0.29, 0.717) is 11.4 Å². The molecule has 2 aromatic rings. The fourth-order valence-electron chi connectivity index (χ4n) is 4.65. The van der Waals surface area contributed by atoms with Gasteiger partial charge in [0.15, 0.2) is 0 Å². The Balaban J connectivity index is 1.53. The molecule has 1 N–H and O–H groups in total. The molecule has 0 aromatic heterocycles. The van der Waals surface area contributed by atoms with E-state index in [1.165, 1.54) is 30.4 Å². The minimum atomic E-state index is -3.53. The van der Waals surface area contributed by atoms with E-state index in [-0.39, 0.29) is 6.04 Å². The first-order chi connectivity index (χ1) is 14.4. The number of fused-ring (bicyclic) bond motifs is 1. The third-order valence-electron chi connectivity index (χ3n) is 6.47. The van der Waals surface area contributed by atoms with E-state index in [9.17, 15) is 8.42 Å². The summed E-state index contributed by atoms with van der Waals surface area (Å²) in [4.78, 5) is 4.87. The van der Waals surface area contributed by atoms with Gasteiger partial charge in [0.2, 0.25) is 10.0 Å². The number of hydrogen-bond donors (Lipinski definition) is 1. The molecule has 2 aliphatic rings. The highest BCUT2D eigenvalue weighted by Crippen LogP contribution is 2.28. The number of rotatable bonds is 7. The molecule has 6 heteroatoms. The number of aryl methyl sites for hydroxylation is 2. The number of sulfonamides is 1. The van der Waals surface area contributed by atoms with Crippen LogP contribution in [0.4, 0.5) is 5.69 Å². The van der Waals surface area contributed by atoms with Crippen molar-refractivity contribution in [3.8, 4) is 0 Å². The average Bonchev–Trinajstić information content (AvgIpc) is 3.28. The van der Waals surface area contributed by atoms with Crippen molar-refractivity contribution in [3.63, 3.8) is 0 Å². The van der Waals surface area contributed by atoms with Crippen molar-refractivity contribution in [1.29, 1.82) is 0 Å². The smallest absolute Gasteiger partial charge is 0.240 e. The largest absolute Gasteiger partial charge is 0.378 e. The molecule has 1 saturated heterocycles. The number of benzene rings is 2. The van der Waals surface area contributed by atoms with Gasteiger partial charge >= 0.3 is 0 Å². The summed E-state index contributed by atoms with van der Waals surface area (Å²) in [6, 6.07) is 14.2. The summed E-state index contributed by atoms with van der Waals surface area (Å²) in [6.07, 6.45) is 6.72. The normalized spacial score (nSPS) is 18.2. The molecule has 1 fully saturated rings. The van der Waals surface area contributed by atoms with Gasteiger partial charge in [-0.1, -0.05) is 18.2 Å². The van der Waals surface area contributed by atoms with Crippen molar-refractivity contribution in [2.45, 2.75) is 49.5 Å². The number of hydrogen-bond acceptors (Lipinski definition) is 4. The summed E-state index contributed by atoms with van der Waals surface area (Å²) in [5.41, 5.74) is 4.81. The van der Waals surface area contributed by atoms with Crippen LogP contribution in [0.3, 0.4) is 0 Å². The summed E-state index contributed by atoms with van der Waals surface area (Å²) in [7, 11) is 0.522. The van der Waals surface area contributed by atoms with Crippen LogP contribution < -0.4 is 9.62 Å². The third kappa shape index (κ3) is 4.71. The lowest BCUT2D eigenvalue weighted by Gasteiger charge is -2.28. The highest BCUT2D eigenvalue weighted by molar-refractivity contribution is 7.89. The Labute approximate surface area is 181 Å². The van der Waals surface area contributed by atoms with Gasteiger partial charge in [0.25, 0.3) is 0 Å². The van der Waals surface area contributed by atoms with E-state index in [4.69, 9.17) is 0 Å². The molecule has 0 unspecified atom stereocenters. The molecule has 0 radical (unpaired) electrons. The fraction of sp³-hybridized carbons (Fsp3) is 0.500. The van der Waals surface area contributed by atoms with E-state index in [2.05, 4.69) is 38.8 Å². The molecule has 2 aromatic carbocycles.